The minimum Gasteiger partial charge on any atom is -0.480 e. The molecule has 0 fully saturated rings. The molecule has 2 rings (SSSR count). The molecule has 0 spiro atoms. The maximum Gasteiger partial charge on any atom is 0.322 e. The largest absolute Gasteiger partial charge is 0.480 e. The second kappa shape index (κ2) is 9.67. The van der Waals surface area contributed by atoms with Crippen molar-refractivity contribution in [1.29, 1.82) is 0 Å². The van der Waals surface area contributed by atoms with Crippen LogP contribution in [0.4, 0.5) is 5.69 Å². The fourth-order valence-corrected chi connectivity index (χ4v) is 4.08. The Kier molecular flexibility index (Phi) is 7.53. The molecule has 2 aromatic carbocycles. The van der Waals surface area contributed by atoms with E-state index in [1.54, 1.807) is 26.0 Å². The third-order valence-electron chi connectivity index (χ3n) is 4.39. The van der Waals surface area contributed by atoms with Crippen LogP contribution in [0.2, 0.25) is 0 Å². The van der Waals surface area contributed by atoms with E-state index in [1.807, 2.05) is 12.1 Å². The molecule has 0 aliphatic rings. The molecule has 2 aromatic rings. The number of hydrogen-bond acceptors (Lipinski definition) is 4. The summed E-state index contributed by atoms with van der Waals surface area (Å²) in [5.41, 5.74) is 2.10. The van der Waals surface area contributed by atoms with Crippen molar-refractivity contribution in [2.75, 3.05) is 5.32 Å². The number of carbonyl (C=O) groups is 2. The first kappa shape index (κ1) is 22.6. The van der Waals surface area contributed by atoms with E-state index in [2.05, 4.69) is 17.0 Å². The lowest BCUT2D eigenvalue weighted by Crippen LogP contribution is -2.44. The Morgan fingerprint density at radius 1 is 1.00 bits per heavy atom. The Bertz CT molecular complexity index is 952. The highest BCUT2D eigenvalue weighted by atomic mass is 32.2. The molecule has 0 aliphatic carbocycles. The molecule has 156 valence electrons. The van der Waals surface area contributed by atoms with Crippen LogP contribution in [-0.4, -0.2) is 31.4 Å². The minimum atomic E-state index is -4.00. The summed E-state index contributed by atoms with van der Waals surface area (Å²) in [6, 6.07) is 11.7. The molecule has 8 heteroatoms. The van der Waals surface area contributed by atoms with Gasteiger partial charge in [0, 0.05) is 11.3 Å². The molecular weight excluding hydrogens is 392 g/mol. The lowest BCUT2D eigenvalue weighted by molar-refractivity contribution is -0.140. The van der Waals surface area contributed by atoms with Gasteiger partial charge in [0.25, 0.3) is 5.91 Å². The number of carboxylic acid groups (broad SMARTS) is 1. The second-order valence-electron chi connectivity index (χ2n) is 7.11. The van der Waals surface area contributed by atoms with Crippen molar-refractivity contribution in [3.8, 4) is 0 Å². The van der Waals surface area contributed by atoms with Gasteiger partial charge in [-0.05, 0) is 54.3 Å². The van der Waals surface area contributed by atoms with Crippen LogP contribution in [0.25, 0.3) is 0 Å². The lowest BCUT2D eigenvalue weighted by atomic mass is 10.1. The molecule has 1 atom stereocenters. The van der Waals surface area contributed by atoms with Gasteiger partial charge < -0.3 is 10.4 Å². The molecule has 0 radical (unpaired) electrons. The molecule has 3 N–H and O–H groups in total. The summed E-state index contributed by atoms with van der Waals surface area (Å²) < 4.78 is 27.1. The Hall–Kier alpha value is -2.71. The van der Waals surface area contributed by atoms with E-state index in [4.69, 9.17) is 0 Å². The molecule has 0 aliphatic heterocycles. The fraction of sp³-hybridized carbons (Fsp3) is 0.333. The number of rotatable bonds is 9. The van der Waals surface area contributed by atoms with Crippen molar-refractivity contribution in [2.24, 2.45) is 5.92 Å². The van der Waals surface area contributed by atoms with Crippen LogP contribution in [0.3, 0.4) is 0 Å². The molecule has 1 amide bonds. The number of aliphatic carboxylic acids is 1. The zero-order chi connectivity index (χ0) is 21.6. The summed E-state index contributed by atoms with van der Waals surface area (Å²) in [7, 11) is -4.00. The minimum absolute atomic E-state index is 0.0775. The first-order valence-corrected chi connectivity index (χ1v) is 10.9. The van der Waals surface area contributed by atoms with Crippen molar-refractivity contribution in [3.05, 3.63) is 59.7 Å². The van der Waals surface area contributed by atoms with Crippen LogP contribution in [-0.2, 0) is 21.2 Å². The number of nitrogens with one attached hydrogen (secondary N) is 2. The van der Waals surface area contributed by atoms with E-state index in [0.717, 1.165) is 18.4 Å². The zero-order valence-corrected chi connectivity index (χ0v) is 17.5. The van der Waals surface area contributed by atoms with Crippen LogP contribution in [0.5, 0.6) is 0 Å². The maximum absolute atomic E-state index is 12.4. The Balaban J connectivity index is 2.09. The summed E-state index contributed by atoms with van der Waals surface area (Å²) in [5, 5.41) is 11.9. The van der Waals surface area contributed by atoms with E-state index in [9.17, 15) is 23.1 Å². The van der Waals surface area contributed by atoms with Crippen LogP contribution < -0.4 is 10.0 Å². The average Bonchev–Trinajstić information content (AvgIpc) is 2.67. The first-order valence-electron chi connectivity index (χ1n) is 9.39. The van der Waals surface area contributed by atoms with Crippen LogP contribution in [0.1, 0.15) is 43.1 Å². The predicted molar refractivity (Wildman–Crippen MR) is 111 cm³/mol. The quantitative estimate of drug-likeness (QED) is 0.578. The fourth-order valence-electron chi connectivity index (χ4n) is 2.74. The van der Waals surface area contributed by atoms with Gasteiger partial charge >= 0.3 is 5.97 Å². The summed E-state index contributed by atoms with van der Waals surface area (Å²) in [6.07, 6.45) is 1.98. The van der Waals surface area contributed by atoms with Gasteiger partial charge in [0.15, 0.2) is 0 Å². The number of carboxylic acids is 1. The molecule has 0 heterocycles. The van der Waals surface area contributed by atoms with Crippen molar-refractivity contribution in [2.45, 2.75) is 44.6 Å². The number of aryl methyl sites for hydroxylation is 1. The van der Waals surface area contributed by atoms with Gasteiger partial charge in [0.2, 0.25) is 10.0 Å². The molecule has 0 saturated heterocycles. The van der Waals surface area contributed by atoms with Crippen molar-refractivity contribution in [3.63, 3.8) is 0 Å². The van der Waals surface area contributed by atoms with Crippen LogP contribution in [0, 0.1) is 5.92 Å². The Morgan fingerprint density at radius 2 is 1.59 bits per heavy atom. The number of anilines is 1. The number of hydrogen-bond donors (Lipinski definition) is 3. The molecule has 0 aromatic heterocycles. The summed E-state index contributed by atoms with van der Waals surface area (Å²) in [5.74, 6) is -1.95. The van der Waals surface area contributed by atoms with Gasteiger partial charge in [0.05, 0.1) is 4.90 Å². The van der Waals surface area contributed by atoms with Gasteiger partial charge in [-0.25, -0.2) is 8.42 Å². The van der Waals surface area contributed by atoms with Gasteiger partial charge in [0.1, 0.15) is 6.04 Å². The van der Waals surface area contributed by atoms with Gasteiger partial charge in [-0.1, -0.05) is 39.3 Å². The van der Waals surface area contributed by atoms with Crippen molar-refractivity contribution in [1.82, 2.24) is 4.72 Å². The third-order valence-corrected chi connectivity index (χ3v) is 5.85. The maximum atomic E-state index is 12.4. The molecular formula is C21H26N2O5S. The monoisotopic (exact) mass is 418 g/mol. The van der Waals surface area contributed by atoms with E-state index < -0.39 is 28.0 Å². The topological polar surface area (TPSA) is 113 Å². The highest BCUT2D eigenvalue weighted by Gasteiger charge is 2.27. The smallest absolute Gasteiger partial charge is 0.322 e. The number of sulfonamides is 1. The number of benzene rings is 2. The highest BCUT2D eigenvalue weighted by Crippen LogP contribution is 2.17. The van der Waals surface area contributed by atoms with Crippen molar-refractivity contribution < 1.29 is 23.1 Å². The van der Waals surface area contributed by atoms with Crippen LogP contribution in [0.15, 0.2) is 53.4 Å². The second-order valence-corrected chi connectivity index (χ2v) is 8.82. The normalized spacial score (nSPS) is 12.6. The standard InChI is InChI=1S/C21H26N2O5S/c1-4-5-15-6-8-16(9-7-15)20(24)22-17-10-12-18(13-11-17)29(27,28)23-19(14(2)3)21(25)26/h6-14,19,23H,4-5H2,1-3H3,(H,22,24)(H,25,26). The zero-order valence-electron chi connectivity index (χ0n) is 16.7. The SMILES string of the molecule is CCCc1ccc(C(=O)Nc2ccc(S(=O)(=O)NC(C(=O)O)C(C)C)cc2)cc1. The lowest BCUT2D eigenvalue weighted by Gasteiger charge is -2.18. The van der Waals surface area contributed by atoms with Gasteiger partial charge in [-0.2, -0.15) is 4.72 Å². The number of amides is 1. The molecule has 0 bridgehead atoms. The Labute approximate surface area is 171 Å². The van der Waals surface area contributed by atoms with E-state index in [1.165, 1.54) is 24.3 Å². The van der Waals surface area contributed by atoms with Gasteiger partial charge in [-0.15, -0.1) is 0 Å². The Morgan fingerprint density at radius 3 is 2.07 bits per heavy atom. The summed E-state index contributed by atoms with van der Waals surface area (Å²) >= 11 is 0. The highest BCUT2D eigenvalue weighted by molar-refractivity contribution is 7.89. The summed E-state index contributed by atoms with van der Waals surface area (Å²) in [4.78, 5) is 23.5. The molecule has 1 unspecified atom stereocenters. The van der Waals surface area contributed by atoms with E-state index >= 15 is 0 Å². The average molecular weight is 419 g/mol. The predicted octanol–water partition coefficient (Wildman–Crippen LogP) is 3.28. The van der Waals surface area contributed by atoms with E-state index in [-0.39, 0.29) is 10.8 Å². The summed E-state index contributed by atoms with van der Waals surface area (Å²) in [6.45, 7) is 5.33. The molecule has 7 nitrogen and oxygen atoms in total. The molecule has 0 saturated carbocycles. The number of carbonyl (C=O) groups excluding carboxylic acids is 1. The first-order chi connectivity index (χ1) is 13.6. The van der Waals surface area contributed by atoms with E-state index in [0.29, 0.717) is 11.3 Å². The van der Waals surface area contributed by atoms with Crippen molar-refractivity contribution >= 4 is 27.6 Å². The molecule has 29 heavy (non-hydrogen) atoms. The van der Waals surface area contributed by atoms with Gasteiger partial charge in [-0.3, -0.25) is 9.59 Å². The van der Waals surface area contributed by atoms with Crippen LogP contribution >= 0.6 is 0 Å². The third kappa shape index (κ3) is 6.13.